The predicted octanol–water partition coefficient (Wildman–Crippen LogP) is 2.51. The maximum atomic E-state index is 12.8. The van der Waals surface area contributed by atoms with E-state index in [1.807, 2.05) is 0 Å². The van der Waals surface area contributed by atoms with E-state index in [0.29, 0.717) is 17.1 Å². The van der Waals surface area contributed by atoms with Crippen molar-refractivity contribution in [3.63, 3.8) is 0 Å². The van der Waals surface area contributed by atoms with E-state index >= 15 is 0 Å². The lowest BCUT2D eigenvalue weighted by molar-refractivity contribution is -0.126. The average Bonchev–Trinajstić information content (AvgIpc) is 3.29. The quantitative estimate of drug-likeness (QED) is 0.708. The molecular formula is C20H24N4O4. The molecule has 1 aliphatic carbocycles. The number of hydrogen-bond acceptors (Lipinski definition) is 4. The van der Waals surface area contributed by atoms with Crippen LogP contribution in [0.25, 0.3) is 5.69 Å². The molecule has 1 atom stereocenters. The van der Waals surface area contributed by atoms with Gasteiger partial charge in [-0.1, -0.05) is 18.9 Å². The molecule has 1 unspecified atom stereocenters. The summed E-state index contributed by atoms with van der Waals surface area (Å²) in [5.74, 6) is -1.38. The van der Waals surface area contributed by atoms with Crippen LogP contribution >= 0.6 is 0 Å². The van der Waals surface area contributed by atoms with E-state index in [1.165, 1.54) is 17.8 Å². The Kier molecular flexibility index (Phi) is 5.77. The minimum absolute atomic E-state index is 0.126. The Hall–Kier alpha value is -3.16. The number of carbonyl (C=O) groups excluding carboxylic acids is 2. The average molecular weight is 384 g/mol. The van der Waals surface area contributed by atoms with Crippen LogP contribution in [0.5, 0.6) is 0 Å². The normalized spacial score (nSPS) is 15.2. The van der Waals surface area contributed by atoms with Gasteiger partial charge in [0.05, 0.1) is 17.6 Å². The third-order valence-corrected chi connectivity index (χ3v) is 5.11. The zero-order valence-corrected chi connectivity index (χ0v) is 15.9. The first-order valence-electron chi connectivity index (χ1n) is 9.33. The maximum absolute atomic E-state index is 12.8. The Morgan fingerprint density at radius 2 is 1.96 bits per heavy atom. The summed E-state index contributed by atoms with van der Waals surface area (Å²) in [5, 5.41) is 19.0. The molecule has 2 amide bonds. The first-order chi connectivity index (χ1) is 13.4. The van der Waals surface area contributed by atoms with Crippen LogP contribution in [0.2, 0.25) is 0 Å². The van der Waals surface area contributed by atoms with Gasteiger partial charge in [-0.25, -0.2) is 9.48 Å². The van der Waals surface area contributed by atoms with Gasteiger partial charge in [0.25, 0.3) is 0 Å². The molecule has 3 rings (SSSR count). The Morgan fingerprint density at radius 3 is 2.57 bits per heavy atom. The molecule has 0 aliphatic heterocycles. The topological polar surface area (TPSA) is 113 Å². The van der Waals surface area contributed by atoms with Gasteiger partial charge < -0.3 is 15.7 Å². The summed E-state index contributed by atoms with van der Waals surface area (Å²) in [6.07, 6.45) is 5.27. The molecule has 8 heteroatoms. The summed E-state index contributed by atoms with van der Waals surface area (Å²) in [6.45, 7) is 3.09. The highest BCUT2D eigenvalue weighted by atomic mass is 16.4. The van der Waals surface area contributed by atoms with Crippen molar-refractivity contribution in [3.8, 4) is 5.69 Å². The van der Waals surface area contributed by atoms with Gasteiger partial charge in [-0.3, -0.25) is 9.59 Å². The van der Waals surface area contributed by atoms with Gasteiger partial charge in [0.1, 0.15) is 11.6 Å². The fourth-order valence-electron chi connectivity index (χ4n) is 3.72. The molecule has 1 aromatic carbocycles. The Balaban J connectivity index is 1.80. The second kappa shape index (κ2) is 8.24. The molecule has 1 heterocycles. The molecule has 0 saturated heterocycles. The zero-order chi connectivity index (χ0) is 20.3. The molecule has 1 fully saturated rings. The first-order valence-corrected chi connectivity index (χ1v) is 9.33. The van der Waals surface area contributed by atoms with Crippen LogP contribution in [-0.4, -0.2) is 38.7 Å². The van der Waals surface area contributed by atoms with E-state index in [1.54, 1.807) is 31.2 Å². The molecule has 0 spiro atoms. The monoisotopic (exact) mass is 384 g/mol. The van der Waals surface area contributed by atoms with E-state index < -0.39 is 12.0 Å². The number of anilines is 1. The van der Waals surface area contributed by atoms with E-state index in [9.17, 15) is 19.5 Å². The maximum Gasteiger partial charge on any atom is 0.339 e. The van der Waals surface area contributed by atoms with E-state index in [2.05, 4.69) is 15.7 Å². The number of aromatic carboxylic acids is 1. The van der Waals surface area contributed by atoms with Gasteiger partial charge in [-0.05, 0) is 43.9 Å². The van der Waals surface area contributed by atoms with Crippen molar-refractivity contribution < 1.29 is 19.5 Å². The van der Waals surface area contributed by atoms with Crippen molar-refractivity contribution in [2.45, 2.75) is 45.6 Å². The lowest BCUT2D eigenvalue weighted by atomic mass is 9.97. The number of rotatable bonds is 6. The molecule has 1 saturated carbocycles. The van der Waals surface area contributed by atoms with Gasteiger partial charge in [0.2, 0.25) is 11.8 Å². The third-order valence-electron chi connectivity index (χ3n) is 5.11. The highest BCUT2D eigenvalue weighted by molar-refractivity contribution is 5.97. The lowest BCUT2D eigenvalue weighted by Crippen LogP contribution is -2.47. The molecule has 1 aromatic heterocycles. The highest BCUT2D eigenvalue weighted by Gasteiger charge is 2.31. The number of aromatic nitrogens is 2. The molecule has 0 bridgehead atoms. The van der Waals surface area contributed by atoms with Gasteiger partial charge >= 0.3 is 5.97 Å². The molecule has 148 valence electrons. The zero-order valence-electron chi connectivity index (χ0n) is 15.9. The van der Waals surface area contributed by atoms with Gasteiger partial charge in [-0.15, -0.1) is 0 Å². The van der Waals surface area contributed by atoms with E-state index in [0.717, 1.165) is 25.7 Å². The molecule has 1 aliphatic rings. The Bertz CT molecular complexity index is 899. The highest BCUT2D eigenvalue weighted by Crippen LogP contribution is 2.28. The number of benzene rings is 1. The van der Waals surface area contributed by atoms with Crippen LogP contribution in [0.15, 0.2) is 30.5 Å². The first kappa shape index (κ1) is 19.6. The summed E-state index contributed by atoms with van der Waals surface area (Å²) in [4.78, 5) is 35.6. The largest absolute Gasteiger partial charge is 0.478 e. The van der Waals surface area contributed by atoms with Crippen LogP contribution in [0.1, 0.15) is 48.7 Å². The Labute approximate surface area is 162 Å². The summed E-state index contributed by atoms with van der Waals surface area (Å²) < 4.78 is 1.52. The van der Waals surface area contributed by atoms with Crippen molar-refractivity contribution >= 4 is 23.5 Å². The van der Waals surface area contributed by atoms with Gasteiger partial charge in [-0.2, -0.15) is 5.10 Å². The van der Waals surface area contributed by atoms with Crippen molar-refractivity contribution in [3.05, 3.63) is 41.7 Å². The summed E-state index contributed by atoms with van der Waals surface area (Å²) in [7, 11) is 0. The number of carboxylic acids is 1. The number of carbonyl (C=O) groups is 3. The summed E-state index contributed by atoms with van der Waals surface area (Å²) >= 11 is 0. The number of carboxylic acid groups (broad SMARTS) is 1. The molecule has 8 nitrogen and oxygen atoms in total. The van der Waals surface area contributed by atoms with Gasteiger partial charge in [0, 0.05) is 12.6 Å². The molecule has 2 aromatic rings. The molecule has 0 radical (unpaired) electrons. The molecule has 3 N–H and O–H groups in total. The lowest BCUT2D eigenvalue weighted by Gasteiger charge is -2.23. The van der Waals surface area contributed by atoms with E-state index in [-0.39, 0.29) is 23.3 Å². The van der Waals surface area contributed by atoms with Gasteiger partial charge in [0.15, 0.2) is 0 Å². The smallest absolute Gasteiger partial charge is 0.339 e. The third kappa shape index (κ3) is 4.21. The minimum atomic E-state index is -1.04. The number of amides is 2. The van der Waals surface area contributed by atoms with Crippen LogP contribution in [0.3, 0.4) is 0 Å². The number of nitrogens with zero attached hydrogens (tertiary/aromatic N) is 2. The Morgan fingerprint density at radius 1 is 1.25 bits per heavy atom. The van der Waals surface area contributed by atoms with Crippen molar-refractivity contribution in [1.82, 2.24) is 15.1 Å². The minimum Gasteiger partial charge on any atom is -0.478 e. The van der Waals surface area contributed by atoms with Crippen LogP contribution in [0.4, 0.5) is 5.69 Å². The van der Waals surface area contributed by atoms with Crippen LogP contribution in [-0.2, 0) is 9.59 Å². The standard InChI is InChI=1S/C20H24N4O4/c1-12-17(20(27)28)11-21-24(12)16-9-5-8-15(10-16)23-19(26)18(22-13(2)25)14-6-3-4-7-14/h5,8-11,14,18H,3-4,6-7H2,1-2H3,(H,22,25)(H,23,26)(H,27,28). The van der Waals surface area contributed by atoms with Crippen molar-refractivity contribution in [2.75, 3.05) is 5.32 Å². The number of hydrogen-bond donors (Lipinski definition) is 3. The molecule has 28 heavy (non-hydrogen) atoms. The fraction of sp³-hybridized carbons (Fsp3) is 0.400. The predicted molar refractivity (Wildman–Crippen MR) is 103 cm³/mol. The SMILES string of the molecule is CC(=O)NC(C(=O)Nc1cccc(-n2ncc(C(=O)O)c2C)c1)C1CCCC1. The van der Waals surface area contributed by atoms with E-state index in [4.69, 9.17) is 0 Å². The number of nitrogens with one attached hydrogen (secondary N) is 2. The summed E-state index contributed by atoms with van der Waals surface area (Å²) in [5.41, 5.74) is 1.82. The fourth-order valence-corrected chi connectivity index (χ4v) is 3.72. The summed E-state index contributed by atoms with van der Waals surface area (Å²) in [6, 6.07) is 6.45. The van der Waals surface area contributed by atoms with Crippen LogP contribution < -0.4 is 10.6 Å². The second-order valence-electron chi connectivity index (χ2n) is 7.12. The van der Waals surface area contributed by atoms with Crippen LogP contribution in [0, 0.1) is 12.8 Å². The van der Waals surface area contributed by atoms with Crippen molar-refractivity contribution in [1.29, 1.82) is 0 Å². The second-order valence-corrected chi connectivity index (χ2v) is 7.12. The molecular weight excluding hydrogens is 360 g/mol. The van der Waals surface area contributed by atoms with Crippen molar-refractivity contribution in [2.24, 2.45) is 5.92 Å².